The molecule has 0 aliphatic carbocycles. The first kappa shape index (κ1) is 27.6. The molecule has 204 valence electrons. The van der Waals surface area contributed by atoms with Crippen molar-refractivity contribution in [3.8, 4) is 11.5 Å². The van der Waals surface area contributed by atoms with Crippen molar-refractivity contribution in [2.75, 3.05) is 53.1 Å². The second-order valence-electron chi connectivity index (χ2n) is 9.92. The molecule has 1 unspecified atom stereocenters. The number of benzene rings is 2. The Morgan fingerprint density at radius 2 is 1.87 bits per heavy atom. The van der Waals surface area contributed by atoms with Gasteiger partial charge in [0.05, 0.1) is 19.3 Å². The number of hydrogen-bond donors (Lipinski definition) is 1. The standard InChI is InChI=1S/C29H38N4O5/c1-24-17-30-33(18-24)12-7-15-37-27-11-6-8-25(16-27)19-31-13-14-32(28(34)20-36-2)22-29(35,21-31)23-38-26-9-4-3-5-10-26/h3-6,8-11,16-18,35H,7,12-15,19-23H2,1-2H3. The summed E-state index contributed by atoms with van der Waals surface area (Å²) in [5.74, 6) is 1.35. The zero-order valence-corrected chi connectivity index (χ0v) is 22.3. The summed E-state index contributed by atoms with van der Waals surface area (Å²) in [6.07, 6.45) is 4.74. The number of amides is 1. The van der Waals surface area contributed by atoms with Crippen molar-refractivity contribution in [1.29, 1.82) is 0 Å². The molecule has 9 nitrogen and oxygen atoms in total. The molecule has 1 atom stereocenters. The van der Waals surface area contributed by atoms with Crippen LogP contribution in [0.3, 0.4) is 0 Å². The van der Waals surface area contributed by atoms with Crippen LogP contribution in [0.2, 0.25) is 0 Å². The lowest BCUT2D eigenvalue weighted by molar-refractivity contribution is -0.138. The van der Waals surface area contributed by atoms with Gasteiger partial charge in [0.25, 0.3) is 0 Å². The number of β-amino-alcohol motifs (C(OH)–C–C–N with tert-alkyl or cyclic N) is 1. The van der Waals surface area contributed by atoms with E-state index < -0.39 is 5.60 Å². The van der Waals surface area contributed by atoms with E-state index in [1.165, 1.54) is 7.11 Å². The molecule has 1 N–H and O–H groups in total. The molecule has 4 rings (SSSR count). The quantitative estimate of drug-likeness (QED) is 0.366. The predicted molar refractivity (Wildman–Crippen MR) is 144 cm³/mol. The number of carbonyl (C=O) groups is 1. The fourth-order valence-electron chi connectivity index (χ4n) is 4.63. The third kappa shape index (κ3) is 8.31. The molecule has 1 saturated heterocycles. The summed E-state index contributed by atoms with van der Waals surface area (Å²) in [6.45, 7) is 5.77. The number of aromatic nitrogens is 2. The maximum atomic E-state index is 12.6. The highest BCUT2D eigenvalue weighted by atomic mass is 16.5. The molecule has 3 aromatic rings. The molecule has 38 heavy (non-hydrogen) atoms. The Balaban J connectivity index is 1.37. The molecule has 0 bridgehead atoms. The van der Waals surface area contributed by atoms with Gasteiger partial charge in [-0.25, -0.2) is 0 Å². The maximum absolute atomic E-state index is 12.6. The van der Waals surface area contributed by atoms with E-state index in [4.69, 9.17) is 14.2 Å². The highest BCUT2D eigenvalue weighted by Gasteiger charge is 2.37. The van der Waals surface area contributed by atoms with Gasteiger partial charge in [-0.1, -0.05) is 30.3 Å². The van der Waals surface area contributed by atoms with Crippen molar-refractivity contribution in [1.82, 2.24) is 19.6 Å². The number of nitrogens with zero attached hydrogens (tertiary/aromatic N) is 4. The van der Waals surface area contributed by atoms with Gasteiger partial charge in [0, 0.05) is 52.5 Å². The van der Waals surface area contributed by atoms with Gasteiger partial charge < -0.3 is 24.2 Å². The normalized spacial score (nSPS) is 18.2. The van der Waals surface area contributed by atoms with Gasteiger partial charge >= 0.3 is 0 Å². The van der Waals surface area contributed by atoms with Gasteiger partial charge in [-0.2, -0.15) is 5.10 Å². The third-order valence-corrected chi connectivity index (χ3v) is 6.43. The Morgan fingerprint density at radius 1 is 1.05 bits per heavy atom. The van der Waals surface area contributed by atoms with E-state index in [2.05, 4.69) is 16.1 Å². The van der Waals surface area contributed by atoms with Crippen molar-refractivity contribution >= 4 is 5.91 Å². The van der Waals surface area contributed by atoms with Crippen LogP contribution in [0.15, 0.2) is 67.0 Å². The summed E-state index contributed by atoms with van der Waals surface area (Å²) < 4.78 is 18.9. The molecule has 1 aromatic heterocycles. The first-order valence-corrected chi connectivity index (χ1v) is 13.0. The van der Waals surface area contributed by atoms with Crippen molar-refractivity contribution in [3.63, 3.8) is 0 Å². The molecule has 1 aliphatic heterocycles. The molecule has 9 heteroatoms. The highest BCUT2D eigenvalue weighted by molar-refractivity contribution is 5.77. The van der Waals surface area contributed by atoms with Crippen molar-refractivity contribution in [3.05, 3.63) is 78.1 Å². The first-order chi connectivity index (χ1) is 18.4. The number of hydrogen-bond acceptors (Lipinski definition) is 7. The zero-order valence-electron chi connectivity index (χ0n) is 22.3. The molecule has 0 spiro atoms. The number of methoxy groups -OCH3 is 1. The topological polar surface area (TPSA) is 89.3 Å². The van der Waals surface area contributed by atoms with Crippen LogP contribution in [-0.4, -0.2) is 89.3 Å². The van der Waals surface area contributed by atoms with Gasteiger partial charge in [-0.05, 0) is 42.3 Å². The van der Waals surface area contributed by atoms with Crippen LogP contribution in [0.25, 0.3) is 0 Å². The van der Waals surface area contributed by atoms with Gasteiger partial charge in [-0.3, -0.25) is 14.4 Å². The minimum absolute atomic E-state index is 0.0188. The van der Waals surface area contributed by atoms with Crippen LogP contribution >= 0.6 is 0 Å². The molecule has 0 radical (unpaired) electrons. The van der Waals surface area contributed by atoms with Crippen LogP contribution in [0.5, 0.6) is 11.5 Å². The lowest BCUT2D eigenvalue weighted by atomic mass is 10.0. The summed E-state index contributed by atoms with van der Waals surface area (Å²) >= 11 is 0. The van der Waals surface area contributed by atoms with Gasteiger partial charge in [-0.15, -0.1) is 0 Å². The number of rotatable bonds is 12. The Labute approximate surface area is 224 Å². The number of carbonyl (C=O) groups excluding carboxylic acids is 1. The minimum Gasteiger partial charge on any atom is -0.494 e. The molecule has 0 saturated carbocycles. The summed E-state index contributed by atoms with van der Waals surface area (Å²) in [5, 5.41) is 15.9. The summed E-state index contributed by atoms with van der Waals surface area (Å²) in [6, 6.07) is 17.4. The average molecular weight is 523 g/mol. The maximum Gasteiger partial charge on any atom is 0.248 e. The highest BCUT2D eigenvalue weighted by Crippen LogP contribution is 2.21. The number of para-hydroxylation sites is 1. The van der Waals surface area contributed by atoms with Gasteiger partial charge in [0.1, 0.15) is 30.3 Å². The number of ether oxygens (including phenoxy) is 3. The molecular formula is C29H38N4O5. The second-order valence-corrected chi connectivity index (χ2v) is 9.92. The Morgan fingerprint density at radius 3 is 2.63 bits per heavy atom. The number of aryl methyl sites for hydroxylation is 2. The van der Waals surface area contributed by atoms with Gasteiger partial charge in [0.2, 0.25) is 5.91 Å². The fraction of sp³-hybridized carbons (Fsp3) is 0.448. The third-order valence-electron chi connectivity index (χ3n) is 6.43. The summed E-state index contributed by atoms with van der Waals surface area (Å²) in [5.41, 5.74) is 0.986. The van der Waals surface area contributed by atoms with E-state index >= 15 is 0 Å². The molecule has 1 amide bonds. The van der Waals surface area contributed by atoms with Crippen molar-refractivity contribution in [2.24, 2.45) is 0 Å². The molecule has 2 aromatic carbocycles. The molecule has 2 heterocycles. The van der Waals surface area contributed by atoms with E-state index in [9.17, 15) is 9.90 Å². The Hall–Kier alpha value is -3.40. The van der Waals surface area contributed by atoms with Crippen molar-refractivity contribution < 1.29 is 24.1 Å². The lowest BCUT2D eigenvalue weighted by Gasteiger charge is -2.33. The van der Waals surface area contributed by atoms with Crippen LogP contribution in [0.1, 0.15) is 17.5 Å². The SMILES string of the molecule is COCC(=O)N1CCN(Cc2cccc(OCCCn3cc(C)cn3)c2)CC(O)(COc2ccccc2)C1. The minimum atomic E-state index is -1.24. The van der Waals surface area contributed by atoms with E-state index in [1.807, 2.05) is 72.5 Å². The zero-order chi connectivity index (χ0) is 26.8. The van der Waals surface area contributed by atoms with E-state index in [-0.39, 0.29) is 25.7 Å². The number of aliphatic hydroxyl groups is 1. The van der Waals surface area contributed by atoms with Gasteiger partial charge in [0.15, 0.2) is 0 Å². The molecular weight excluding hydrogens is 484 g/mol. The van der Waals surface area contributed by atoms with Crippen LogP contribution in [0, 0.1) is 6.92 Å². The monoisotopic (exact) mass is 522 g/mol. The average Bonchev–Trinajstić information content (AvgIpc) is 3.25. The Bertz CT molecular complexity index is 1150. The van der Waals surface area contributed by atoms with Crippen LogP contribution < -0.4 is 9.47 Å². The van der Waals surface area contributed by atoms with E-state index in [0.717, 1.165) is 29.8 Å². The Kier molecular flexibility index (Phi) is 9.75. The lowest BCUT2D eigenvalue weighted by Crippen LogP contribution is -2.52. The van der Waals surface area contributed by atoms with Crippen molar-refractivity contribution in [2.45, 2.75) is 32.0 Å². The smallest absolute Gasteiger partial charge is 0.248 e. The largest absolute Gasteiger partial charge is 0.494 e. The molecule has 1 fully saturated rings. The summed E-state index contributed by atoms with van der Waals surface area (Å²) in [4.78, 5) is 16.5. The van der Waals surface area contributed by atoms with Crippen LogP contribution in [-0.2, 0) is 22.6 Å². The predicted octanol–water partition coefficient (Wildman–Crippen LogP) is 2.76. The summed E-state index contributed by atoms with van der Waals surface area (Å²) in [7, 11) is 1.50. The fourth-order valence-corrected chi connectivity index (χ4v) is 4.63. The van der Waals surface area contributed by atoms with E-state index in [1.54, 1.807) is 4.90 Å². The first-order valence-electron chi connectivity index (χ1n) is 13.0. The second kappa shape index (κ2) is 13.4. The van der Waals surface area contributed by atoms with Crippen LogP contribution in [0.4, 0.5) is 0 Å². The molecule has 1 aliphatic rings. The van der Waals surface area contributed by atoms with E-state index in [0.29, 0.717) is 38.5 Å².